The van der Waals surface area contributed by atoms with Gasteiger partial charge in [0.15, 0.2) is 22.2 Å². The first-order valence-corrected chi connectivity index (χ1v) is 16.6. The number of hydrogen-bond donors (Lipinski definition) is 3. The Hall–Kier alpha value is -1.33. The lowest BCUT2D eigenvalue weighted by atomic mass is 9.99. The summed E-state index contributed by atoms with van der Waals surface area (Å²) in [4.78, 5) is 52.1. The zero-order valence-electron chi connectivity index (χ0n) is 24.1. The molecule has 2 heterocycles. The van der Waals surface area contributed by atoms with E-state index in [9.17, 15) is 34.0 Å². The summed E-state index contributed by atoms with van der Waals surface area (Å²) in [6.45, 7) is 9.53. The summed E-state index contributed by atoms with van der Waals surface area (Å²) in [6.07, 6.45) is -5.21. The molecule has 1 aliphatic rings. The average Bonchev–Trinajstić information content (AvgIpc) is 3.16. The Morgan fingerprint density at radius 1 is 1.02 bits per heavy atom. The zero-order valence-corrected chi connectivity index (χ0v) is 27.4. The number of primary amides is 1. The summed E-state index contributed by atoms with van der Waals surface area (Å²) < 4.78 is 36.0. The van der Waals surface area contributed by atoms with Gasteiger partial charge in [-0.25, -0.2) is 9.55 Å². The summed E-state index contributed by atoms with van der Waals surface area (Å²) >= 11 is 7.84. The second-order valence-electron chi connectivity index (χ2n) is 11.2. The number of aliphatic hydroxyl groups is 2. The first-order chi connectivity index (χ1) is 19.3. The number of phosphoric ester groups is 1. The van der Waals surface area contributed by atoms with Crippen LogP contribution in [0, 0.1) is 10.8 Å². The molecule has 4 atom stereocenters. The Morgan fingerprint density at radius 2 is 1.52 bits per heavy atom. The second kappa shape index (κ2) is 15.1. The summed E-state index contributed by atoms with van der Waals surface area (Å²) in [5, 5.41) is 20.6. The highest BCUT2D eigenvalue weighted by molar-refractivity contribution is 8.14. The molecule has 4 N–H and O–H groups in total. The molecule has 0 radical (unpaired) electrons. The number of nitrogens with two attached hydrogens (primary N) is 1. The van der Waals surface area contributed by atoms with E-state index >= 15 is 0 Å². The fourth-order valence-corrected chi connectivity index (χ4v) is 6.39. The fourth-order valence-electron chi connectivity index (χ4n) is 3.20. The molecular weight excluding hydrogens is 637 g/mol. The third kappa shape index (κ3) is 10.4. The smallest absolute Gasteiger partial charge is 0.387 e. The van der Waals surface area contributed by atoms with Crippen molar-refractivity contribution in [2.75, 3.05) is 31.3 Å². The van der Waals surface area contributed by atoms with Gasteiger partial charge in [0.2, 0.25) is 0 Å². The largest absolute Gasteiger partial charge is 0.474 e. The van der Waals surface area contributed by atoms with E-state index in [1.54, 1.807) is 41.5 Å². The van der Waals surface area contributed by atoms with Crippen LogP contribution >= 0.6 is 42.9 Å². The SMILES string of the molecule is CC(C)(C)C(=O)SCCOP(=O)(OCCSC(=O)C(C)(C)C)OCC1OC(n2cc(Cl)nc(C(N)=O)c2=O)C(O)C1O. The number of rotatable bonds is 13. The van der Waals surface area contributed by atoms with Gasteiger partial charge in [-0.05, 0) is 0 Å². The van der Waals surface area contributed by atoms with Crippen molar-refractivity contribution in [3.05, 3.63) is 27.4 Å². The van der Waals surface area contributed by atoms with E-state index in [0.29, 0.717) is 0 Å². The first kappa shape index (κ1) is 36.9. The van der Waals surface area contributed by atoms with Crippen LogP contribution in [0.15, 0.2) is 11.0 Å². The Labute approximate surface area is 257 Å². The molecule has 1 aliphatic heterocycles. The first-order valence-electron chi connectivity index (χ1n) is 12.7. The summed E-state index contributed by atoms with van der Waals surface area (Å²) in [5.74, 6) is -0.882. The number of phosphoric acid groups is 1. The van der Waals surface area contributed by atoms with E-state index in [4.69, 9.17) is 35.6 Å². The number of thioether (sulfide) groups is 2. The van der Waals surface area contributed by atoms with Gasteiger partial charge in [-0.3, -0.25) is 37.3 Å². The number of hydrogen-bond acceptors (Lipinski definition) is 14. The molecule has 0 spiro atoms. The number of nitrogens with zero attached hydrogens (tertiary/aromatic N) is 2. The molecule has 1 aromatic heterocycles. The van der Waals surface area contributed by atoms with Gasteiger partial charge in [0.25, 0.3) is 11.5 Å². The lowest BCUT2D eigenvalue weighted by Gasteiger charge is -2.22. The molecule has 0 bridgehead atoms. The number of amides is 1. The molecule has 0 aromatic carbocycles. The van der Waals surface area contributed by atoms with Crippen LogP contribution in [0.2, 0.25) is 5.15 Å². The molecule has 42 heavy (non-hydrogen) atoms. The van der Waals surface area contributed by atoms with Crippen molar-refractivity contribution >= 4 is 59.1 Å². The maximum atomic E-state index is 13.4. The predicted octanol–water partition coefficient (Wildman–Crippen LogP) is 2.38. The third-order valence-electron chi connectivity index (χ3n) is 5.50. The molecule has 0 saturated carbocycles. The van der Waals surface area contributed by atoms with Gasteiger partial charge < -0.3 is 20.7 Å². The minimum absolute atomic E-state index is 0.103. The van der Waals surface area contributed by atoms with Crippen LogP contribution < -0.4 is 11.3 Å². The van der Waals surface area contributed by atoms with Gasteiger partial charge in [0, 0.05) is 28.5 Å². The van der Waals surface area contributed by atoms with E-state index < -0.39 is 67.0 Å². The monoisotopic (exact) mass is 673 g/mol. The van der Waals surface area contributed by atoms with Gasteiger partial charge in [-0.1, -0.05) is 76.7 Å². The number of carbonyl (C=O) groups excluding carboxylic acids is 3. The number of ether oxygens (including phenoxy) is 1. The number of aliphatic hydroxyl groups excluding tert-OH is 2. The molecule has 1 aromatic rings. The van der Waals surface area contributed by atoms with Crippen LogP contribution in [0.4, 0.5) is 0 Å². The molecule has 238 valence electrons. The minimum Gasteiger partial charge on any atom is -0.387 e. The van der Waals surface area contributed by atoms with E-state index in [-0.39, 0.29) is 40.1 Å². The summed E-state index contributed by atoms with van der Waals surface area (Å²) in [6, 6.07) is 0. The molecular formula is C24H37ClN3O11PS2. The van der Waals surface area contributed by atoms with Gasteiger partial charge in [-0.15, -0.1) is 0 Å². The van der Waals surface area contributed by atoms with Crippen LogP contribution in [0.1, 0.15) is 58.3 Å². The number of carbonyl (C=O) groups is 3. The van der Waals surface area contributed by atoms with Gasteiger partial charge in [0.1, 0.15) is 23.5 Å². The Balaban J connectivity index is 2.12. The quantitative estimate of drug-likeness (QED) is 0.203. The van der Waals surface area contributed by atoms with Crippen molar-refractivity contribution in [3.63, 3.8) is 0 Å². The van der Waals surface area contributed by atoms with Crippen LogP contribution in [0.3, 0.4) is 0 Å². The molecule has 1 saturated heterocycles. The zero-order chi connectivity index (χ0) is 32.0. The van der Waals surface area contributed by atoms with Crippen LogP contribution in [0.25, 0.3) is 0 Å². The molecule has 18 heteroatoms. The Bertz CT molecular complexity index is 1210. The maximum Gasteiger partial charge on any atom is 0.474 e. The van der Waals surface area contributed by atoms with Gasteiger partial charge >= 0.3 is 7.82 Å². The Kier molecular flexibility index (Phi) is 13.3. The van der Waals surface area contributed by atoms with Crippen molar-refractivity contribution in [2.45, 2.75) is 66.1 Å². The van der Waals surface area contributed by atoms with Gasteiger partial charge in [-0.2, -0.15) is 0 Å². The van der Waals surface area contributed by atoms with Crippen LogP contribution in [-0.4, -0.2) is 85.5 Å². The van der Waals surface area contributed by atoms with Crippen molar-refractivity contribution in [1.29, 1.82) is 0 Å². The predicted molar refractivity (Wildman–Crippen MR) is 157 cm³/mol. The highest BCUT2D eigenvalue weighted by Gasteiger charge is 2.46. The summed E-state index contributed by atoms with van der Waals surface area (Å²) in [5.41, 5.74) is 2.25. The highest BCUT2D eigenvalue weighted by atomic mass is 35.5. The standard InChI is InChI=1S/C24H37ClN3O11PS2/c1-23(2,3)21(33)41-9-7-36-40(35,37-8-10-42-22(34)24(4,5)6)38-12-13-16(29)17(30)20(39-13)28-11-14(25)27-15(18(26)31)19(28)32/h11,13,16-17,20,29-30H,7-10,12H2,1-6H3,(H2,26,31). The van der Waals surface area contributed by atoms with Crippen molar-refractivity contribution in [3.8, 4) is 0 Å². The fraction of sp³-hybridized carbons (Fsp3) is 0.708. The minimum atomic E-state index is -4.33. The topological polar surface area (TPSA) is 207 Å². The maximum absolute atomic E-state index is 13.4. The number of aromatic nitrogens is 2. The lowest BCUT2D eigenvalue weighted by molar-refractivity contribution is -0.118. The van der Waals surface area contributed by atoms with Gasteiger partial charge in [0.05, 0.1) is 19.8 Å². The van der Waals surface area contributed by atoms with E-state index in [2.05, 4.69) is 4.98 Å². The Morgan fingerprint density at radius 3 is 1.98 bits per heavy atom. The lowest BCUT2D eigenvalue weighted by Crippen LogP contribution is -2.38. The van der Waals surface area contributed by atoms with Crippen molar-refractivity contribution < 1.29 is 47.5 Å². The molecule has 1 amide bonds. The molecule has 14 nitrogen and oxygen atoms in total. The van der Waals surface area contributed by atoms with E-state index in [1.807, 2.05) is 0 Å². The van der Waals surface area contributed by atoms with Crippen molar-refractivity contribution in [2.24, 2.45) is 16.6 Å². The third-order valence-corrected chi connectivity index (χ3v) is 9.64. The normalized spacial score (nSPS) is 21.5. The average molecular weight is 674 g/mol. The number of halogens is 1. The molecule has 1 fully saturated rings. The summed E-state index contributed by atoms with van der Waals surface area (Å²) in [7, 11) is -4.33. The van der Waals surface area contributed by atoms with Crippen LogP contribution in [0.5, 0.6) is 0 Å². The van der Waals surface area contributed by atoms with Crippen molar-refractivity contribution in [1.82, 2.24) is 9.55 Å². The van der Waals surface area contributed by atoms with E-state index in [0.717, 1.165) is 34.3 Å². The molecule has 2 rings (SSSR count). The highest BCUT2D eigenvalue weighted by Crippen LogP contribution is 2.50. The van der Waals surface area contributed by atoms with Crippen LogP contribution in [-0.2, 0) is 32.5 Å². The second-order valence-corrected chi connectivity index (χ2v) is 15.4. The molecule has 0 aliphatic carbocycles. The van der Waals surface area contributed by atoms with E-state index in [1.165, 1.54) is 0 Å². The molecule has 4 unspecified atom stereocenters.